The molecule has 2 N–H and O–H groups in total. The van der Waals surface area contributed by atoms with Gasteiger partial charge in [0.05, 0.1) is 4.90 Å². The molecule has 31 heavy (non-hydrogen) atoms. The molecule has 0 radical (unpaired) electrons. The summed E-state index contributed by atoms with van der Waals surface area (Å²) < 4.78 is 26.6. The van der Waals surface area contributed by atoms with Crippen LogP contribution in [0, 0.1) is 0 Å². The van der Waals surface area contributed by atoms with Crippen molar-refractivity contribution >= 4 is 15.9 Å². The standard InChI is InChI=1S/C24H31N3O3S/c28-24(26-31(29,30)21-10-5-2-6-11-21)12-7-15-27-16-13-20(14-17-27)25-23-18-22(23)19-8-3-1-4-9-19/h1-6,8-11,20,22-23,25H,7,12-18H2,(H,26,28)/t22?,23-/m1/s1. The van der Waals surface area contributed by atoms with E-state index in [1.165, 1.54) is 24.1 Å². The van der Waals surface area contributed by atoms with Crippen LogP contribution >= 0.6 is 0 Å². The van der Waals surface area contributed by atoms with Crippen LogP contribution in [0.5, 0.6) is 0 Å². The van der Waals surface area contributed by atoms with E-state index in [0.717, 1.165) is 32.5 Å². The summed E-state index contributed by atoms with van der Waals surface area (Å²) in [6.07, 6.45) is 4.34. The Balaban J connectivity index is 1.12. The first-order valence-corrected chi connectivity index (χ1v) is 12.6. The number of carbonyl (C=O) groups is 1. The quantitative estimate of drug-likeness (QED) is 0.626. The average Bonchev–Trinajstić information content (AvgIpc) is 3.55. The van der Waals surface area contributed by atoms with Crippen LogP contribution in [0.15, 0.2) is 65.6 Å². The van der Waals surface area contributed by atoms with Crippen LogP contribution in [-0.2, 0) is 14.8 Å². The maximum Gasteiger partial charge on any atom is 0.264 e. The van der Waals surface area contributed by atoms with Crippen molar-refractivity contribution in [3.8, 4) is 0 Å². The van der Waals surface area contributed by atoms with E-state index < -0.39 is 15.9 Å². The minimum atomic E-state index is -3.77. The predicted octanol–water partition coefficient (Wildman–Crippen LogP) is 2.88. The minimum absolute atomic E-state index is 0.114. The van der Waals surface area contributed by atoms with Crippen molar-refractivity contribution < 1.29 is 13.2 Å². The molecule has 2 aromatic rings. The Morgan fingerprint density at radius 3 is 2.29 bits per heavy atom. The van der Waals surface area contributed by atoms with Crippen molar-refractivity contribution in [2.24, 2.45) is 0 Å². The highest BCUT2D eigenvalue weighted by Crippen LogP contribution is 2.41. The summed E-state index contributed by atoms with van der Waals surface area (Å²) in [4.78, 5) is 14.6. The number of nitrogens with zero attached hydrogens (tertiary/aromatic N) is 1. The van der Waals surface area contributed by atoms with Gasteiger partial charge in [-0.3, -0.25) is 4.79 Å². The molecule has 2 fully saturated rings. The number of hydrogen-bond donors (Lipinski definition) is 2. The molecule has 2 aliphatic rings. The Hall–Kier alpha value is -2.22. The molecule has 4 rings (SSSR count). The molecule has 1 saturated heterocycles. The average molecular weight is 442 g/mol. The van der Waals surface area contributed by atoms with Gasteiger partial charge in [0.15, 0.2) is 0 Å². The van der Waals surface area contributed by atoms with Gasteiger partial charge in [-0.05, 0) is 63.0 Å². The Labute approximate surface area is 185 Å². The van der Waals surface area contributed by atoms with Gasteiger partial charge in [0.1, 0.15) is 0 Å². The van der Waals surface area contributed by atoms with Gasteiger partial charge in [-0.15, -0.1) is 0 Å². The highest BCUT2D eigenvalue weighted by Gasteiger charge is 2.39. The summed E-state index contributed by atoms with van der Waals surface area (Å²) in [5, 5.41) is 3.82. The monoisotopic (exact) mass is 441 g/mol. The van der Waals surface area contributed by atoms with Crippen LogP contribution < -0.4 is 10.0 Å². The van der Waals surface area contributed by atoms with E-state index in [-0.39, 0.29) is 11.3 Å². The maximum absolute atomic E-state index is 12.2. The lowest BCUT2D eigenvalue weighted by Crippen LogP contribution is -2.43. The first kappa shape index (κ1) is 22.0. The highest BCUT2D eigenvalue weighted by molar-refractivity contribution is 7.90. The van der Waals surface area contributed by atoms with Gasteiger partial charge in [0.25, 0.3) is 10.0 Å². The third-order valence-corrected chi connectivity index (χ3v) is 7.62. The van der Waals surface area contributed by atoms with Crippen LogP contribution in [0.2, 0.25) is 0 Å². The van der Waals surface area contributed by atoms with Gasteiger partial charge >= 0.3 is 0 Å². The number of sulfonamides is 1. The molecule has 7 heteroatoms. The number of carbonyl (C=O) groups excluding carboxylic acids is 1. The largest absolute Gasteiger partial charge is 0.311 e. The molecule has 1 aliphatic heterocycles. The second-order valence-corrected chi connectivity index (χ2v) is 10.3. The first-order chi connectivity index (χ1) is 15.0. The summed E-state index contributed by atoms with van der Waals surface area (Å²) in [6, 6.07) is 19.9. The molecule has 0 aromatic heterocycles. The topological polar surface area (TPSA) is 78.5 Å². The zero-order valence-electron chi connectivity index (χ0n) is 17.7. The number of amides is 1. The summed E-state index contributed by atoms with van der Waals surface area (Å²) >= 11 is 0. The van der Waals surface area contributed by atoms with Crippen molar-refractivity contribution in [2.75, 3.05) is 19.6 Å². The van der Waals surface area contributed by atoms with E-state index in [2.05, 4.69) is 45.3 Å². The normalized spacial score (nSPS) is 22.2. The third kappa shape index (κ3) is 6.15. The molecule has 166 valence electrons. The lowest BCUT2D eigenvalue weighted by atomic mass is 10.0. The molecular weight excluding hydrogens is 410 g/mol. The molecule has 1 aliphatic carbocycles. The number of rotatable bonds is 9. The third-order valence-electron chi connectivity index (χ3n) is 6.24. The molecule has 0 bridgehead atoms. The van der Waals surface area contributed by atoms with Gasteiger partial charge in [-0.25, -0.2) is 13.1 Å². The SMILES string of the molecule is O=C(CCCN1CCC(N[C@@H]2CC2c2ccccc2)CC1)NS(=O)(=O)c1ccccc1. The summed E-state index contributed by atoms with van der Waals surface area (Å²) in [5.74, 6) is 0.214. The minimum Gasteiger partial charge on any atom is -0.311 e. The van der Waals surface area contributed by atoms with Gasteiger partial charge < -0.3 is 10.2 Å². The molecule has 1 unspecified atom stereocenters. The second-order valence-electron chi connectivity index (χ2n) is 8.59. The summed E-state index contributed by atoms with van der Waals surface area (Å²) in [5.41, 5.74) is 1.44. The highest BCUT2D eigenvalue weighted by atomic mass is 32.2. The zero-order valence-corrected chi connectivity index (χ0v) is 18.6. The van der Waals surface area contributed by atoms with Crippen molar-refractivity contribution in [1.29, 1.82) is 0 Å². The van der Waals surface area contributed by atoms with Crippen LogP contribution in [0.25, 0.3) is 0 Å². The zero-order chi connectivity index (χ0) is 21.7. The predicted molar refractivity (Wildman–Crippen MR) is 121 cm³/mol. The molecular formula is C24H31N3O3S. The van der Waals surface area contributed by atoms with Crippen molar-refractivity contribution in [3.05, 3.63) is 66.2 Å². The molecule has 0 spiro atoms. The number of hydrogen-bond acceptors (Lipinski definition) is 5. The van der Waals surface area contributed by atoms with Crippen LogP contribution in [0.1, 0.15) is 43.6 Å². The molecule has 1 amide bonds. The summed E-state index contributed by atoms with van der Waals surface area (Å²) in [6.45, 7) is 2.86. The lowest BCUT2D eigenvalue weighted by molar-refractivity contribution is -0.119. The van der Waals surface area contributed by atoms with Crippen molar-refractivity contribution in [1.82, 2.24) is 14.9 Å². The van der Waals surface area contributed by atoms with Gasteiger partial charge in [0.2, 0.25) is 5.91 Å². The van der Waals surface area contributed by atoms with Gasteiger partial charge in [-0.1, -0.05) is 48.5 Å². The van der Waals surface area contributed by atoms with E-state index in [1.54, 1.807) is 18.2 Å². The maximum atomic E-state index is 12.2. The Bertz CT molecular complexity index is 958. The van der Waals surface area contributed by atoms with E-state index >= 15 is 0 Å². The van der Waals surface area contributed by atoms with E-state index in [1.807, 2.05) is 0 Å². The number of piperidine rings is 1. The Morgan fingerprint density at radius 1 is 0.968 bits per heavy atom. The Kier molecular flexibility index (Phi) is 7.05. The van der Waals surface area contributed by atoms with Crippen LogP contribution in [0.4, 0.5) is 0 Å². The van der Waals surface area contributed by atoms with Crippen molar-refractivity contribution in [2.45, 2.75) is 55.0 Å². The molecule has 2 aromatic carbocycles. The van der Waals surface area contributed by atoms with E-state index in [4.69, 9.17) is 0 Å². The van der Waals surface area contributed by atoms with E-state index in [9.17, 15) is 13.2 Å². The number of nitrogens with one attached hydrogen (secondary N) is 2. The van der Waals surface area contributed by atoms with Gasteiger partial charge in [-0.2, -0.15) is 0 Å². The van der Waals surface area contributed by atoms with Crippen LogP contribution in [-0.4, -0.2) is 50.9 Å². The van der Waals surface area contributed by atoms with E-state index in [0.29, 0.717) is 24.4 Å². The fourth-order valence-corrected chi connectivity index (χ4v) is 5.43. The molecule has 2 atom stereocenters. The molecule has 6 nitrogen and oxygen atoms in total. The molecule has 1 saturated carbocycles. The second kappa shape index (κ2) is 9.94. The smallest absolute Gasteiger partial charge is 0.264 e. The first-order valence-electron chi connectivity index (χ1n) is 11.2. The van der Waals surface area contributed by atoms with Gasteiger partial charge in [0, 0.05) is 24.4 Å². The van der Waals surface area contributed by atoms with Crippen molar-refractivity contribution in [3.63, 3.8) is 0 Å². The summed E-state index contributed by atoms with van der Waals surface area (Å²) in [7, 11) is -3.77. The Morgan fingerprint density at radius 2 is 1.61 bits per heavy atom. The number of benzene rings is 2. The van der Waals surface area contributed by atoms with Crippen LogP contribution in [0.3, 0.4) is 0 Å². The molecule has 1 heterocycles. The fraction of sp³-hybridized carbons (Fsp3) is 0.458. The fourth-order valence-electron chi connectivity index (χ4n) is 4.40. The number of likely N-dealkylation sites (tertiary alicyclic amines) is 1. The lowest BCUT2D eigenvalue weighted by Gasteiger charge is -2.32.